The average molecular weight is 233 g/mol. The molecule has 1 atom stereocenters. The zero-order valence-corrected chi connectivity index (χ0v) is 10.9. The van der Waals surface area contributed by atoms with Crippen LogP contribution in [-0.4, -0.2) is 19.3 Å². The average Bonchev–Trinajstić information content (AvgIpc) is 2.33. The van der Waals surface area contributed by atoms with Gasteiger partial charge in [-0.15, -0.1) is 0 Å². The lowest BCUT2D eigenvalue weighted by atomic mass is 9.88. The zero-order valence-electron chi connectivity index (χ0n) is 10.9. The van der Waals surface area contributed by atoms with E-state index in [0.29, 0.717) is 18.0 Å². The molecule has 1 aromatic carbocycles. The Morgan fingerprint density at radius 3 is 2.29 bits per heavy atom. The zero-order chi connectivity index (χ0) is 12.1. The summed E-state index contributed by atoms with van der Waals surface area (Å²) >= 11 is 0. The normalized spacial score (nSPS) is 18.1. The first-order valence-corrected chi connectivity index (χ1v) is 6.73. The Kier molecular flexibility index (Phi) is 4.57. The predicted molar refractivity (Wildman–Crippen MR) is 71.0 cm³/mol. The van der Waals surface area contributed by atoms with Gasteiger partial charge < -0.3 is 10.1 Å². The van der Waals surface area contributed by atoms with Crippen molar-refractivity contribution in [3.63, 3.8) is 0 Å². The van der Waals surface area contributed by atoms with E-state index in [1.54, 1.807) is 0 Å². The van der Waals surface area contributed by atoms with Crippen LogP contribution in [0.3, 0.4) is 0 Å². The van der Waals surface area contributed by atoms with Crippen molar-refractivity contribution in [1.82, 2.24) is 5.32 Å². The Labute approximate surface area is 104 Å². The van der Waals surface area contributed by atoms with Crippen molar-refractivity contribution in [2.75, 3.05) is 13.2 Å². The lowest BCUT2D eigenvalue weighted by molar-refractivity contribution is -0.0138. The number of benzene rings is 1. The quantitative estimate of drug-likeness (QED) is 0.815. The molecule has 94 valence electrons. The van der Waals surface area contributed by atoms with Gasteiger partial charge in [-0.3, -0.25) is 0 Å². The second kappa shape index (κ2) is 6.18. The Morgan fingerprint density at radius 1 is 1.18 bits per heavy atom. The molecule has 2 nitrogen and oxygen atoms in total. The van der Waals surface area contributed by atoms with Crippen LogP contribution in [0.1, 0.15) is 38.3 Å². The second-order valence-corrected chi connectivity index (χ2v) is 4.87. The molecular formula is C15H23NO. The van der Waals surface area contributed by atoms with E-state index in [1.165, 1.54) is 18.4 Å². The summed E-state index contributed by atoms with van der Waals surface area (Å²) in [6, 6.07) is 11.8. The molecule has 0 spiro atoms. The molecule has 0 amide bonds. The summed E-state index contributed by atoms with van der Waals surface area (Å²) in [5, 5.41) is 3.75. The van der Waals surface area contributed by atoms with Gasteiger partial charge in [-0.05, 0) is 11.5 Å². The van der Waals surface area contributed by atoms with Crippen LogP contribution >= 0.6 is 0 Å². The van der Waals surface area contributed by atoms with Gasteiger partial charge in [-0.2, -0.15) is 0 Å². The van der Waals surface area contributed by atoms with E-state index in [1.807, 2.05) is 0 Å². The van der Waals surface area contributed by atoms with Gasteiger partial charge in [0.1, 0.15) is 0 Å². The Balaban J connectivity index is 2.10. The number of rotatable bonds is 6. The smallest absolute Gasteiger partial charge is 0.0643 e. The molecule has 17 heavy (non-hydrogen) atoms. The number of hydrogen-bond donors (Lipinski definition) is 1. The van der Waals surface area contributed by atoms with E-state index in [2.05, 4.69) is 49.5 Å². The third kappa shape index (κ3) is 3.08. The van der Waals surface area contributed by atoms with Gasteiger partial charge >= 0.3 is 0 Å². The summed E-state index contributed by atoms with van der Waals surface area (Å²) in [5.74, 6) is 0.706. The summed E-state index contributed by atoms with van der Waals surface area (Å²) < 4.78 is 5.26. The highest BCUT2D eigenvalue weighted by Crippen LogP contribution is 2.28. The third-order valence-corrected chi connectivity index (χ3v) is 3.73. The first-order chi connectivity index (χ1) is 8.35. The van der Waals surface area contributed by atoms with Gasteiger partial charge in [0.05, 0.1) is 19.3 Å². The topological polar surface area (TPSA) is 21.3 Å². The SMILES string of the molecule is CCC(CC)C(NC1COC1)c1ccccc1. The minimum absolute atomic E-state index is 0.472. The fraction of sp³-hybridized carbons (Fsp3) is 0.600. The van der Waals surface area contributed by atoms with Crippen LogP contribution in [0, 0.1) is 5.92 Å². The minimum Gasteiger partial charge on any atom is -0.378 e. The van der Waals surface area contributed by atoms with Crippen molar-refractivity contribution in [2.45, 2.75) is 38.8 Å². The molecule has 0 radical (unpaired) electrons. The van der Waals surface area contributed by atoms with E-state index < -0.39 is 0 Å². The highest BCUT2D eigenvalue weighted by molar-refractivity contribution is 5.20. The lowest BCUT2D eigenvalue weighted by Gasteiger charge is -2.35. The summed E-state index contributed by atoms with van der Waals surface area (Å²) in [7, 11) is 0. The predicted octanol–water partition coefficient (Wildman–Crippen LogP) is 3.15. The molecule has 2 heteroatoms. The fourth-order valence-corrected chi connectivity index (χ4v) is 2.51. The minimum atomic E-state index is 0.472. The van der Waals surface area contributed by atoms with Gasteiger partial charge in [0.15, 0.2) is 0 Å². The summed E-state index contributed by atoms with van der Waals surface area (Å²) in [5.41, 5.74) is 1.41. The molecule has 0 aromatic heterocycles. The molecule has 1 fully saturated rings. The molecule has 0 bridgehead atoms. The van der Waals surface area contributed by atoms with Gasteiger partial charge in [-0.25, -0.2) is 0 Å². The fourth-order valence-electron chi connectivity index (χ4n) is 2.51. The van der Waals surface area contributed by atoms with Gasteiger partial charge in [-0.1, -0.05) is 57.0 Å². The molecular weight excluding hydrogens is 210 g/mol. The van der Waals surface area contributed by atoms with Gasteiger partial charge in [0.2, 0.25) is 0 Å². The third-order valence-electron chi connectivity index (χ3n) is 3.73. The number of nitrogens with one attached hydrogen (secondary N) is 1. The summed E-state index contributed by atoms with van der Waals surface area (Å²) in [6.45, 7) is 6.29. The van der Waals surface area contributed by atoms with E-state index in [9.17, 15) is 0 Å². The maximum absolute atomic E-state index is 5.26. The monoisotopic (exact) mass is 233 g/mol. The van der Waals surface area contributed by atoms with Crippen molar-refractivity contribution in [1.29, 1.82) is 0 Å². The van der Waals surface area contributed by atoms with Crippen LogP contribution in [0.4, 0.5) is 0 Å². The molecule has 1 unspecified atom stereocenters. The summed E-state index contributed by atoms with van der Waals surface area (Å²) in [4.78, 5) is 0. The molecule has 1 aromatic rings. The van der Waals surface area contributed by atoms with Crippen LogP contribution < -0.4 is 5.32 Å². The molecule has 0 aliphatic carbocycles. The molecule has 1 saturated heterocycles. The van der Waals surface area contributed by atoms with Crippen molar-refractivity contribution >= 4 is 0 Å². The first kappa shape index (κ1) is 12.6. The molecule has 0 saturated carbocycles. The largest absolute Gasteiger partial charge is 0.378 e. The second-order valence-electron chi connectivity index (χ2n) is 4.87. The molecule has 1 aliphatic heterocycles. The van der Waals surface area contributed by atoms with Crippen molar-refractivity contribution in [3.8, 4) is 0 Å². The Morgan fingerprint density at radius 2 is 1.82 bits per heavy atom. The van der Waals surface area contributed by atoms with Crippen LogP contribution in [0.5, 0.6) is 0 Å². The molecule has 2 rings (SSSR count). The van der Waals surface area contributed by atoms with Crippen LogP contribution in [0.15, 0.2) is 30.3 Å². The van der Waals surface area contributed by atoms with Gasteiger partial charge in [0.25, 0.3) is 0 Å². The van der Waals surface area contributed by atoms with E-state index >= 15 is 0 Å². The lowest BCUT2D eigenvalue weighted by Crippen LogP contribution is -2.48. The first-order valence-electron chi connectivity index (χ1n) is 6.73. The Bertz CT molecular complexity index is 317. The van der Waals surface area contributed by atoms with Crippen LogP contribution in [-0.2, 0) is 4.74 Å². The molecule has 1 aliphatic rings. The Hall–Kier alpha value is -0.860. The number of hydrogen-bond acceptors (Lipinski definition) is 2. The van der Waals surface area contributed by atoms with Gasteiger partial charge in [0, 0.05) is 6.04 Å². The standard InChI is InChI=1S/C15H23NO/c1-3-12(4-2)15(16-14-10-17-11-14)13-8-6-5-7-9-13/h5-9,12,14-16H,3-4,10-11H2,1-2H3. The van der Waals surface area contributed by atoms with Crippen molar-refractivity contribution < 1.29 is 4.74 Å². The highest BCUT2D eigenvalue weighted by Gasteiger charge is 2.26. The summed E-state index contributed by atoms with van der Waals surface area (Å²) in [6.07, 6.45) is 2.44. The van der Waals surface area contributed by atoms with Crippen molar-refractivity contribution in [3.05, 3.63) is 35.9 Å². The highest BCUT2D eigenvalue weighted by atomic mass is 16.5. The molecule has 1 N–H and O–H groups in total. The maximum atomic E-state index is 5.26. The van der Waals surface area contributed by atoms with Crippen LogP contribution in [0.25, 0.3) is 0 Å². The van der Waals surface area contributed by atoms with E-state index in [-0.39, 0.29) is 0 Å². The molecule has 1 heterocycles. The maximum Gasteiger partial charge on any atom is 0.0643 e. The number of ether oxygens (including phenoxy) is 1. The van der Waals surface area contributed by atoms with Crippen molar-refractivity contribution in [2.24, 2.45) is 5.92 Å². The van der Waals surface area contributed by atoms with E-state index in [4.69, 9.17) is 4.74 Å². The van der Waals surface area contributed by atoms with Crippen LogP contribution in [0.2, 0.25) is 0 Å². The van der Waals surface area contributed by atoms with E-state index in [0.717, 1.165) is 13.2 Å².